The first kappa shape index (κ1) is 18.5. The second-order valence-electron chi connectivity index (χ2n) is 8.39. The Morgan fingerprint density at radius 3 is 2.94 bits per heavy atom. The van der Waals surface area contributed by atoms with Crippen molar-refractivity contribution in [1.82, 2.24) is 24.2 Å². The van der Waals surface area contributed by atoms with E-state index in [4.69, 9.17) is 24.3 Å². The molecule has 1 aromatic carbocycles. The largest absolute Gasteiger partial charge is 0.497 e. The van der Waals surface area contributed by atoms with Crippen LogP contribution in [0, 0.1) is 5.92 Å². The summed E-state index contributed by atoms with van der Waals surface area (Å²) in [6.07, 6.45) is 7.39. The quantitative estimate of drug-likeness (QED) is 0.509. The van der Waals surface area contributed by atoms with Crippen molar-refractivity contribution in [1.29, 1.82) is 0 Å². The molecule has 3 aliphatic heterocycles. The summed E-state index contributed by atoms with van der Waals surface area (Å²) in [7, 11) is 5.73. The smallest absolute Gasteiger partial charge is 0.216 e. The summed E-state index contributed by atoms with van der Waals surface area (Å²) in [5.74, 6) is 1.19. The van der Waals surface area contributed by atoms with Gasteiger partial charge in [-0.2, -0.15) is 5.10 Å². The van der Waals surface area contributed by atoms with E-state index in [0.717, 1.165) is 65.7 Å². The third kappa shape index (κ3) is 2.78. The monoisotopic (exact) mass is 419 g/mol. The average molecular weight is 419 g/mol. The highest BCUT2D eigenvalue weighted by atomic mass is 16.5. The third-order valence-corrected chi connectivity index (χ3v) is 6.54. The minimum atomic E-state index is -0.244. The van der Waals surface area contributed by atoms with Crippen molar-refractivity contribution < 1.29 is 14.2 Å². The molecule has 31 heavy (non-hydrogen) atoms. The summed E-state index contributed by atoms with van der Waals surface area (Å²) in [5, 5.41) is 4.76. The van der Waals surface area contributed by atoms with Crippen LogP contribution in [0.1, 0.15) is 29.6 Å². The number of methoxy groups -OCH3 is 1. The molecule has 0 aliphatic carbocycles. The van der Waals surface area contributed by atoms with Gasteiger partial charge in [0, 0.05) is 50.4 Å². The van der Waals surface area contributed by atoms with E-state index in [0.29, 0.717) is 5.92 Å². The van der Waals surface area contributed by atoms with Crippen molar-refractivity contribution in [3.05, 3.63) is 59.6 Å². The van der Waals surface area contributed by atoms with E-state index in [1.54, 1.807) is 7.11 Å². The van der Waals surface area contributed by atoms with Gasteiger partial charge in [-0.05, 0) is 24.6 Å². The van der Waals surface area contributed by atoms with Crippen molar-refractivity contribution >= 4 is 0 Å². The average Bonchev–Trinajstić information content (AvgIpc) is 3.55. The number of aryl methyl sites for hydroxylation is 1. The van der Waals surface area contributed by atoms with Crippen molar-refractivity contribution in [3.8, 4) is 22.7 Å². The van der Waals surface area contributed by atoms with Crippen molar-refractivity contribution in [3.63, 3.8) is 0 Å². The van der Waals surface area contributed by atoms with Gasteiger partial charge in [0.1, 0.15) is 24.0 Å². The molecule has 160 valence electrons. The van der Waals surface area contributed by atoms with Crippen LogP contribution in [0.5, 0.6) is 5.75 Å². The van der Waals surface area contributed by atoms with Crippen LogP contribution in [0.2, 0.25) is 0 Å². The van der Waals surface area contributed by atoms with Crippen LogP contribution in [-0.4, -0.2) is 51.6 Å². The minimum Gasteiger partial charge on any atom is -0.497 e. The zero-order chi connectivity index (χ0) is 21.1. The molecule has 2 unspecified atom stereocenters. The minimum absolute atomic E-state index is 0.244. The molecular formula is C23H25N5O3. The fraction of sp³-hybridized carbons (Fsp3) is 0.391. The van der Waals surface area contributed by atoms with E-state index in [1.807, 2.05) is 36.5 Å². The number of hydrogen-bond acceptors (Lipinski definition) is 6. The van der Waals surface area contributed by atoms with Crippen LogP contribution in [0.15, 0.2) is 42.7 Å². The molecule has 6 rings (SSSR count). The standard InChI is InChI=1S/C23H25N5O3/c1-26-10-15-8-19-22(23-27(2)20(12-31-23)14-6-7-30-11-14)24-13-28(19)18-5-4-16(29-3)9-17(18)21(15)25-26/h4-5,9-10,12-14,23H,6-8,11H2,1-3H3. The molecule has 1 fully saturated rings. The van der Waals surface area contributed by atoms with Gasteiger partial charge in [-0.3, -0.25) is 4.68 Å². The molecule has 8 nitrogen and oxygen atoms in total. The summed E-state index contributed by atoms with van der Waals surface area (Å²) in [5.41, 5.74) is 7.47. The normalized spacial score (nSPS) is 21.8. The number of aromatic nitrogens is 4. The number of hydrogen-bond donors (Lipinski definition) is 0. The van der Waals surface area contributed by atoms with Crippen LogP contribution in [0.25, 0.3) is 16.9 Å². The SMILES string of the molecule is COc1ccc2c(c1)-c1nn(C)cc1Cc1c(C3OC=C(C4CCOC4)N3C)ncn1-2. The van der Waals surface area contributed by atoms with Gasteiger partial charge in [0.15, 0.2) is 0 Å². The molecule has 5 heterocycles. The van der Waals surface area contributed by atoms with E-state index in [1.165, 1.54) is 5.70 Å². The molecular weight excluding hydrogens is 394 g/mol. The summed E-state index contributed by atoms with van der Waals surface area (Å²) in [4.78, 5) is 7.03. The van der Waals surface area contributed by atoms with Gasteiger partial charge in [0.25, 0.3) is 0 Å². The fourth-order valence-electron chi connectivity index (χ4n) is 4.94. The zero-order valence-corrected chi connectivity index (χ0v) is 17.9. The molecule has 8 heteroatoms. The van der Waals surface area contributed by atoms with Gasteiger partial charge in [0.05, 0.1) is 36.5 Å². The molecule has 2 aromatic heterocycles. The highest BCUT2D eigenvalue weighted by Gasteiger charge is 2.36. The second-order valence-corrected chi connectivity index (χ2v) is 8.39. The summed E-state index contributed by atoms with van der Waals surface area (Å²) < 4.78 is 21.3. The molecule has 0 N–H and O–H groups in total. The Balaban J connectivity index is 1.44. The maximum absolute atomic E-state index is 6.15. The number of rotatable bonds is 3. The summed E-state index contributed by atoms with van der Waals surface area (Å²) in [6, 6.07) is 6.10. The highest BCUT2D eigenvalue weighted by Crippen LogP contribution is 2.41. The second kappa shape index (κ2) is 6.88. The van der Waals surface area contributed by atoms with E-state index in [2.05, 4.69) is 28.8 Å². The van der Waals surface area contributed by atoms with E-state index in [-0.39, 0.29) is 6.23 Å². The Kier molecular flexibility index (Phi) is 4.11. The van der Waals surface area contributed by atoms with Gasteiger partial charge in [-0.1, -0.05) is 0 Å². The van der Waals surface area contributed by atoms with Crippen LogP contribution < -0.4 is 4.74 Å². The lowest BCUT2D eigenvalue weighted by Gasteiger charge is -2.25. The molecule has 3 aliphatic rings. The van der Waals surface area contributed by atoms with Crippen LogP contribution in [-0.2, 0) is 22.9 Å². The number of ether oxygens (including phenoxy) is 3. The van der Waals surface area contributed by atoms with Gasteiger partial charge in [-0.15, -0.1) is 0 Å². The zero-order valence-electron chi connectivity index (χ0n) is 17.9. The molecule has 3 aromatic rings. The number of benzene rings is 1. The van der Waals surface area contributed by atoms with Gasteiger partial charge in [-0.25, -0.2) is 4.98 Å². The first-order chi connectivity index (χ1) is 15.1. The predicted molar refractivity (Wildman–Crippen MR) is 114 cm³/mol. The molecule has 0 saturated carbocycles. The first-order valence-corrected chi connectivity index (χ1v) is 10.6. The lowest BCUT2D eigenvalue weighted by Crippen LogP contribution is -2.25. The number of nitrogens with zero attached hydrogens (tertiary/aromatic N) is 5. The van der Waals surface area contributed by atoms with Crippen molar-refractivity contribution in [2.45, 2.75) is 19.1 Å². The Labute approximate surface area is 180 Å². The molecule has 0 amide bonds. The highest BCUT2D eigenvalue weighted by molar-refractivity contribution is 5.76. The van der Waals surface area contributed by atoms with Crippen molar-refractivity contribution in [2.24, 2.45) is 13.0 Å². The lowest BCUT2D eigenvalue weighted by atomic mass is 10.0. The third-order valence-electron chi connectivity index (χ3n) is 6.54. The van der Waals surface area contributed by atoms with E-state index >= 15 is 0 Å². The van der Waals surface area contributed by atoms with Gasteiger partial charge < -0.3 is 23.7 Å². The maximum atomic E-state index is 6.15. The maximum Gasteiger partial charge on any atom is 0.216 e. The van der Waals surface area contributed by atoms with Gasteiger partial charge in [0.2, 0.25) is 6.23 Å². The molecule has 2 atom stereocenters. The van der Waals surface area contributed by atoms with Crippen LogP contribution in [0.3, 0.4) is 0 Å². The fourth-order valence-corrected chi connectivity index (χ4v) is 4.94. The van der Waals surface area contributed by atoms with E-state index in [9.17, 15) is 0 Å². The lowest BCUT2D eigenvalue weighted by molar-refractivity contribution is 0.0607. The summed E-state index contributed by atoms with van der Waals surface area (Å²) >= 11 is 0. The van der Waals surface area contributed by atoms with Gasteiger partial charge >= 0.3 is 0 Å². The molecule has 0 spiro atoms. The Hall–Kier alpha value is -3.26. The Bertz CT molecular complexity index is 1190. The molecule has 1 saturated heterocycles. The van der Waals surface area contributed by atoms with Crippen LogP contribution >= 0.6 is 0 Å². The van der Waals surface area contributed by atoms with Crippen molar-refractivity contribution in [2.75, 3.05) is 27.4 Å². The first-order valence-electron chi connectivity index (χ1n) is 10.6. The Morgan fingerprint density at radius 1 is 1.23 bits per heavy atom. The van der Waals surface area contributed by atoms with Crippen LogP contribution in [0.4, 0.5) is 0 Å². The number of imidazole rings is 1. The predicted octanol–water partition coefficient (Wildman–Crippen LogP) is 3.02. The summed E-state index contributed by atoms with van der Waals surface area (Å²) in [6.45, 7) is 1.56. The topological polar surface area (TPSA) is 66.6 Å². The molecule has 0 radical (unpaired) electrons. The Morgan fingerprint density at radius 2 is 2.13 bits per heavy atom. The molecule has 0 bridgehead atoms. The van der Waals surface area contributed by atoms with E-state index < -0.39 is 0 Å². The number of fused-ring (bicyclic) bond motifs is 5.